The summed E-state index contributed by atoms with van der Waals surface area (Å²) in [6.45, 7) is 0. The summed E-state index contributed by atoms with van der Waals surface area (Å²) in [4.78, 5) is 0. The highest BCUT2D eigenvalue weighted by atomic mass is 16.3. The first kappa shape index (κ1) is 35.4. The molecule has 0 amide bonds. The first-order valence-electron chi connectivity index (χ1n) is 21.5. The Morgan fingerprint density at radius 2 is 0.714 bits per heavy atom. The lowest BCUT2D eigenvalue weighted by molar-refractivity contribution is 0.668. The van der Waals surface area contributed by atoms with Gasteiger partial charge in [0.05, 0.1) is 16.7 Å². The molecule has 13 aromatic rings. The Morgan fingerprint density at radius 1 is 0.254 bits per heavy atom. The third-order valence-corrected chi connectivity index (χ3v) is 12.8. The molecule has 0 aliphatic rings. The number of aromatic nitrogens is 1. The molecule has 0 radical (unpaired) electrons. The van der Waals surface area contributed by atoms with Gasteiger partial charge in [0.15, 0.2) is 0 Å². The van der Waals surface area contributed by atoms with Gasteiger partial charge in [-0.3, -0.25) is 0 Å². The Bertz CT molecular complexity index is 3760. The molecule has 0 aliphatic carbocycles. The average Bonchev–Trinajstić information content (AvgIpc) is 4.03. The standard InChI is InChI=1S/C60H37NO2/c1-3-16-38(17-4-1)42-20-7-9-22-44(42)40-30-32-54-50(34-40)51-35-41(45-23-10-8-21-43(45)39-18-5-2-6-19-39)31-33-55(51)61(54)56-37-59-53(47-25-12-13-28-57(47)62-59)36-52(56)49-27-15-26-48-46-24-11-14-29-58(46)63-60(48)49/h1-37H. The summed E-state index contributed by atoms with van der Waals surface area (Å²) in [5.74, 6) is 0. The quantitative estimate of drug-likeness (QED) is 0.168. The lowest BCUT2D eigenvalue weighted by atomic mass is 9.92. The van der Waals surface area contributed by atoms with Crippen molar-refractivity contribution in [3.05, 3.63) is 224 Å². The molecule has 0 saturated carbocycles. The Labute approximate surface area is 363 Å². The minimum atomic E-state index is 0.837. The van der Waals surface area contributed by atoms with E-state index in [-0.39, 0.29) is 0 Å². The van der Waals surface area contributed by atoms with Crippen molar-refractivity contribution >= 4 is 65.7 Å². The molecular weight excluding hydrogens is 767 g/mol. The van der Waals surface area contributed by atoms with Gasteiger partial charge in [-0.05, 0) is 87.0 Å². The Kier molecular flexibility index (Phi) is 7.91. The number of fused-ring (bicyclic) bond motifs is 9. The number of para-hydroxylation sites is 3. The SMILES string of the molecule is c1ccc(-c2ccccc2-c2ccc3c(c2)c2cc(-c4ccccc4-c4ccccc4)ccc2n3-c2cc3oc4ccccc4c3cc2-c2cccc3c2oc2ccccc23)cc1. The van der Waals surface area contributed by atoms with E-state index in [1.807, 2.05) is 12.1 Å². The molecule has 0 aliphatic heterocycles. The molecule has 3 nitrogen and oxygen atoms in total. The van der Waals surface area contributed by atoms with Gasteiger partial charge in [0.1, 0.15) is 22.3 Å². The summed E-state index contributed by atoms with van der Waals surface area (Å²) in [6, 6.07) is 80.5. The molecule has 0 unspecified atom stereocenters. The summed E-state index contributed by atoms with van der Waals surface area (Å²) >= 11 is 0. The lowest BCUT2D eigenvalue weighted by Crippen LogP contribution is -1.98. The van der Waals surface area contributed by atoms with Gasteiger partial charge in [-0.25, -0.2) is 0 Å². The van der Waals surface area contributed by atoms with E-state index in [1.165, 1.54) is 44.2 Å². The number of furan rings is 2. The first-order valence-corrected chi connectivity index (χ1v) is 21.5. The van der Waals surface area contributed by atoms with Crippen LogP contribution in [0.2, 0.25) is 0 Å². The highest BCUT2D eigenvalue weighted by Gasteiger charge is 2.23. The second-order valence-corrected chi connectivity index (χ2v) is 16.4. The van der Waals surface area contributed by atoms with Crippen molar-refractivity contribution in [2.24, 2.45) is 0 Å². The molecule has 3 aromatic heterocycles. The van der Waals surface area contributed by atoms with Crippen molar-refractivity contribution in [3.63, 3.8) is 0 Å². The molecule has 10 aromatic carbocycles. The smallest absolute Gasteiger partial charge is 0.143 e. The molecule has 0 spiro atoms. The van der Waals surface area contributed by atoms with E-state index in [9.17, 15) is 0 Å². The third kappa shape index (κ3) is 5.60. The predicted molar refractivity (Wildman–Crippen MR) is 263 cm³/mol. The zero-order chi connectivity index (χ0) is 41.4. The summed E-state index contributed by atoms with van der Waals surface area (Å²) in [5.41, 5.74) is 18.3. The summed E-state index contributed by atoms with van der Waals surface area (Å²) in [7, 11) is 0. The maximum absolute atomic E-state index is 6.76. The van der Waals surface area contributed by atoms with Crippen molar-refractivity contribution in [1.82, 2.24) is 4.57 Å². The van der Waals surface area contributed by atoms with Crippen LogP contribution in [0.15, 0.2) is 233 Å². The van der Waals surface area contributed by atoms with Crippen molar-refractivity contribution in [2.75, 3.05) is 0 Å². The number of nitrogens with zero attached hydrogens (tertiary/aromatic N) is 1. The maximum Gasteiger partial charge on any atom is 0.143 e. The van der Waals surface area contributed by atoms with Crippen LogP contribution in [0.1, 0.15) is 0 Å². The van der Waals surface area contributed by atoms with Crippen LogP contribution in [0.3, 0.4) is 0 Å². The van der Waals surface area contributed by atoms with Crippen molar-refractivity contribution in [1.29, 1.82) is 0 Å². The second-order valence-electron chi connectivity index (χ2n) is 16.4. The van der Waals surface area contributed by atoms with Crippen LogP contribution in [0.25, 0.3) is 127 Å². The van der Waals surface area contributed by atoms with Crippen molar-refractivity contribution in [2.45, 2.75) is 0 Å². The molecule has 0 N–H and O–H groups in total. The van der Waals surface area contributed by atoms with Crippen LogP contribution < -0.4 is 0 Å². The Hall–Kier alpha value is -8.40. The summed E-state index contributed by atoms with van der Waals surface area (Å²) in [6.07, 6.45) is 0. The van der Waals surface area contributed by atoms with E-state index in [0.29, 0.717) is 0 Å². The van der Waals surface area contributed by atoms with E-state index >= 15 is 0 Å². The highest BCUT2D eigenvalue weighted by molar-refractivity contribution is 6.16. The van der Waals surface area contributed by atoms with Crippen LogP contribution >= 0.6 is 0 Å². The molecule has 294 valence electrons. The minimum Gasteiger partial charge on any atom is -0.456 e. The molecule has 0 saturated heterocycles. The van der Waals surface area contributed by atoms with Gasteiger partial charge in [0.2, 0.25) is 0 Å². The largest absolute Gasteiger partial charge is 0.456 e. The number of benzene rings is 10. The zero-order valence-corrected chi connectivity index (χ0v) is 34.1. The van der Waals surface area contributed by atoms with Gasteiger partial charge in [0, 0.05) is 49.5 Å². The Balaban J connectivity index is 1.13. The fourth-order valence-corrected chi connectivity index (χ4v) is 9.95. The molecule has 0 atom stereocenters. The van der Waals surface area contributed by atoms with Gasteiger partial charge in [0.25, 0.3) is 0 Å². The monoisotopic (exact) mass is 803 g/mol. The molecule has 0 bridgehead atoms. The van der Waals surface area contributed by atoms with E-state index < -0.39 is 0 Å². The van der Waals surface area contributed by atoms with Crippen LogP contribution in [-0.2, 0) is 0 Å². The lowest BCUT2D eigenvalue weighted by Gasteiger charge is -2.16. The van der Waals surface area contributed by atoms with Gasteiger partial charge in [-0.15, -0.1) is 0 Å². The molecule has 13 rings (SSSR count). The summed E-state index contributed by atoms with van der Waals surface area (Å²) in [5, 5.41) is 6.69. The highest BCUT2D eigenvalue weighted by Crippen LogP contribution is 2.46. The molecular formula is C60H37NO2. The van der Waals surface area contributed by atoms with Crippen molar-refractivity contribution in [3.8, 4) is 61.3 Å². The van der Waals surface area contributed by atoms with E-state index in [0.717, 1.165) is 82.9 Å². The van der Waals surface area contributed by atoms with E-state index in [1.54, 1.807) is 0 Å². The van der Waals surface area contributed by atoms with Crippen LogP contribution in [0, 0.1) is 0 Å². The summed E-state index contributed by atoms with van der Waals surface area (Å²) < 4.78 is 15.9. The van der Waals surface area contributed by atoms with Gasteiger partial charge < -0.3 is 13.4 Å². The number of hydrogen-bond acceptors (Lipinski definition) is 2. The van der Waals surface area contributed by atoms with Crippen LogP contribution in [0.5, 0.6) is 0 Å². The topological polar surface area (TPSA) is 31.2 Å². The molecule has 63 heavy (non-hydrogen) atoms. The third-order valence-electron chi connectivity index (χ3n) is 12.8. The minimum absolute atomic E-state index is 0.837. The average molecular weight is 804 g/mol. The van der Waals surface area contributed by atoms with Crippen molar-refractivity contribution < 1.29 is 8.83 Å². The van der Waals surface area contributed by atoms with Gasteiger partial charge >= 0.3 is 0 Å². The fourth-order valence-electron chi connectivity index (χ4n) is 9.95. The fraction of sp³-hybridized carbons (Fsp3) is 0. The molecule has 0 fully saturated rings. The number of hydrogen-bond donors (Lipinski definition) is 0. The normalized spacial score (nSPS) is 11.8. The van der Waals surface area contributed by atoms with Crippen LogP contribution in [0.4, 0.5) is 0 Å². The van der Waals surface area contributed by atoms with Gasteiger partial charge in [-0.2, -0.15) is 0 Å². The van der Waals surface area contributed by atoms with Gasteiger partial charge in [-0.1, -0.05) is 176 Å². The zero-order valence-electron chi connectivity index (χ0n) is 34.1. The second kappa shape index (κ2) is 14.1. The molecule has 3 heteroatoms. The first-order chi connectivity index (χ1) is 31.2. The molecule has 3 heterocycles. The van der Waals surface area contributed by atoms with Crippen LogP contribution in [-0.4, -0.2) is 4.57 Å². The van der Waals surface area contributed by atoms with E-state index in [4.69, 9.17) is 8.83 Å². The maximum atomic E-state index is 6.76. The Morgan fingerprint density at radius 3 is 1.30 bits per heavy atom. The van der Waals surface area contributed by atoms with E-state index in [2.05, 4.69) is 217 Å². The number of rotatable bonds is 6. The predicted octanol–water partition coefficient (Wildman–Crippen LogP) is 16.9.